The summed E-state index contributed by atoms with van der Waals surface area (Å²) < 4.78 is 0. The molecule has 0 aliphatic rings. The topological polar surface area (TPSA) is 42.0 Å². The molecule has 0 aromatic carbocycles. The summed E-state index contributed by atoms with van der Waals surface area (Å²) in [6.45, 7) is 3.49. The lowest BCUT2D eigenvalue weighted by atomic mass is 10.1. The Morgan fingerprint density at radius 3 is 2.92 bits per heavy atom. The molecule has 1 N–H and O–H groups in total. The molecular formula is C10H14N2O. The summed E-state index contributed by atoms with van der Waals surface area (Å²) in [4.78, 5) is 14.9. The molecule has 0 unspecified atom stereocenters. The molecule has 1 heterocycles. The third-order valence-electron chi connectivity index (χ3n) is 1.69. The number of carbonyl (C=O) groups is 1. The molecule has 70 valence electrons. The molecule has 1 aromatic rings. The summed E-state index contributed by atoms with van der Waals surface area (Å²) >= 11 is 0. The Labute approximate surface area is 78.2 Å². The van der Waals surface area contributed by atoms with Crippen LogP contribution in [0.4, 0.5) is 0 Å². The van der Waals surface area contributed by atoms with E-state index in [1.165, 1.54) is 6.92 Å². The molecule has 3 heteroatoms. The van der Waals surface area contributed by atoms with Crippen LogP contribution in [0.15, 0.2) is 24.4 Å². The minimum atomic E-state index is 0.00318. The predicted octanol–water partition coefficient (Wildman–Crippen LogP) is 1.15. The standard InChI is InChI=1S/C10H14N2O/c1-8(12-9(2)13)7-10-5-3-4-6-11-10/h3-6,8H,7H2,1-2H3,(H,12,13)/t8-/m0/s1. The van der Waals surface area contributed by atoms with E-state index in [2.05, 4.69) is 10.3 Å². The number of rotatable bonds is 3. The van der Waals surface area contributed by atoms with Gasteiger partial charge >= 0.3 is 0 Å². The molecular weight excluding hydrogens is 164 g/mol. The first-order chi connectivity index (χ1) is 6.18. The van der Waals surface area contributed by atoms with Crippen molar-refractivity contribution in [3.05, 3.63) is 30.1 Å². The number of hydrogen-bond acceptors (Lipinski definition) is 2. The van der Waals surface area contributed by atoms with Crippen LogP contribution in [-0.2, 0) is 11.2 Å². The van der Waals surface area contributed by atoms with Crippen molar-refractivity contribution < 1.29 is 4.79 Å². The molecule has 0 fully saturated rings. The second-order valence-corrected chi connectivity index (χ2v) is 3.13. The van der Waals surface area contributed by atoms with Crippen molar-refractivity contribution in [2.45, 2.75) is 26.3 Å². The average Bonchev–Trinajstić information content (AvgIpc) is 2.04. The molecule has 13 heavy (non-hydrogen) atoms. The van der Waals surface area contributed by atoms with Crippen LogP contribution in [0.5, 0.6) is 0 Å². The first kappa shape index (κ1) is 9.71. The third kappa shape index (κ3) is 3.69. The zero-order valence-corrected chi connectivity index (χ0v) is 7.95. The molecule has 1 aromatic heterocycles. The summed E-state index contributed by atoms with van der Waals surface area (Å²) in [5.41, 5.74) is 1.00. The van der Waals surface area contributed by atoms with Crippen LogP contribution >= 0.6 is 0 Å². The fourth-order valence-corrected chi connectivity index (χ4v) is 1.23. The zero-order chi connectivity index (χ0) is 9.68. The second kappa shape index (κ2) is 4.60. The average molecular weight is 178 g/mol. The van der Waals surface area contributed by atoms with Crippen LogP contribution in [0.1, 0.15) is 19.5 Å². The number of amides is 1. The first-order valence-electron chi connectivity index (χ1n) is 4.35. The molecule has 1 atom stereocenters. The minimum absolute atomic E-state index is 0.00318. The smallest absolute Gasteiger partial charge is 0.217 e. The molecule has 3 nitrogen and oxygen atoms in total. The lowest BCUT2D eigenvalue weighted by molar-refractivity contribution is -0.119. The lowest BCUT2D eigenvalue weighted by Gasteiger charge is -2.10. The van der Waals surface area contributed by atoms with Crippen LogP contribution in [-0.4, -0.2) is 16.9 Å². The van der Waals surface area contributed by atoms with Crippen molar-refractivity contribution in [3.8, 4) is 0 Å². The van der Waals surface area contributed by atoms with E-state index in [9.17, 15) is 4.79 Å². The van der Waals surface area contributed by atoms with Crippen molar-refractivity contribution in [1.82, 2.24) is 10.3 Å². The van der Waals surface area contributed by atoms with E-state index in [1.54, 1.807) is 6.20 Å². The highest BCUT2D eigenvalue weighted by molar-refractivity contribution is 5.73. The van der Waals surface area contributed by atoms with E-state index in [0.717, 1.165) is 12.1 Å². The van der Waals surface area contributed by atoms with Gasteiger partial charge in [-0.05, 0) is 19.1 Å². The maximum atomic E-state index is 10.7. The highest BCUT2D eigenvalue weighted by Crippen LogP contribution is 1.98. The first-order valence-corrected chi connectivity index (χ1v) is 4.35. The van der Waals surface area contributed by atoms with E-state index < -0.39 is 0 Å². The van der Waals surface area contributed by atoms with Gasteiger partial charge < -0.3 is 5.32 Å². The second-order valence-electron chi connectivity index (χ2n) is 3.13. The van der Waals surface area contributed by atoms with Gasteiger partial charge in [0.15, 0.2) is 0 Å². The van der Waals surface area contributed by atoms with Gasteiger partial charge in [-0.25, -0.2) is 0 Å². The van der Waals surface area contributed by atoms with Gasteiger partial charge in [0, 0.05) is 31.3 Å². The van der Waals surface area contributed by atoms with Gasteiger partial charge in [0.1, 0.15) is 0 Å². The van der Waals surface area contributed by atoms with Gasteiger partial charge in [-0.1, -0.05) is 6.07 Å². The normalized spacial score (nSPS) is 12.2. The molecule has 0 aliphatic carbocycles. The molecule has 1 amide bonds. The molecule has 0 radical (unpaired) electrons. The molecule has 1 rings (SSSR count). The maximum Gasteiger partial charge on any atom is 0.217 e. The Bertz CT molecular complexity index is 272. The highest BCUT2D eigenvalue weighted by atomic mass is 16.1. The van der Waals surface area contributed by atoms with Gasteiger partial charge in [0.25, 0.3) is 0 Å². The summed E-state index contributed by atoms with van der Waals surface area (Å²) in [5, 5.41) is 2.81. The Morgan fingerprint density at radius 2 is 2.38 bits per heavy atom. The number of pyridine rings is 1. The van der Waals surface area contributed by atoms with Gasteiger partial charge in [-0.3, -0.25) is 9.78 Å². The summed E-state index contributed by atoms with van der Waals surface area (Å²) in [6.07, 6.45) is 2.54. The van der Waals surface area contributed by atoms with Crippen LogP contribution in [0.2, 0.25) is 0 Å². The largest absolute Gasteiger partial charge is 0.354 e. The lowest BCUT2D eigenvalue weighted by Crippen LogP contribution is -2.32. The molecule has 0 aliphatic heterocycles. The van der Waals surface area contributed by atoms with E-state index in [1.807, 2.05) is 25.1 Å². The Balaban J connectivity index is 2.45. The van der Waals surface area contributed by atoms with E-state index in [0.29, 0.717) is 0 Å². The quantitative estimate of drug-likeness (QED) is 0.754. The molecule has 0 saturated carbocycles. The maximum absolute atomic E-state index is 10.7. The summed E-state index contributed by atoms with van der Waals surface area (Å²) in [7, 11) is 0. The predicted molar refractivity (Wildman–Crippen MR) is 51.2 cm³/mol. The van der Waals surface area contributed by atoms with Crippen LogP contribution in [0, 0.1) is 0 Å². The fourth-order valence-electron chi connectivity index (χ4n) is 1.23. The number of aromatic nitrogens is 1. The Morgan fingerprint density at radius 1 is 1.62 bits per heavy atom. The van der Waals surface area contributed by atoms with E-state index in [4.69, 9.17) is 0 Å². The van der Waals surface area contributed by atoms with Crippen LogP contribution < -0.4 is 5.32 Å². The summed E-state index contributed by atoms with van der Waals surface area (Å²) in [6, 6.07) is 5.93. The monoisotopic (exact) mass is 178 g/mol. The van der Waals surface area contributed by atoms with Crippen molar-refractivity contribution in [3.63, 3.8) is 0 Å². The van der Waals surface area contributed by atoms with Crippen LogP contribution in [0.3, 0.4) is 0 Å². The van der Waals surface area contributed by atoms with Crippen molar-refractivity contribution >= 4 is 5.91 Å². The number of carbonyl (C=O) groups excluding carboxylic acids is 1. The van der Waals surface area contributed by atoms with Gasteiger partial charge in [0.05, 0.1) is 0 Å². The highest BCUT2D eigenvalue weighted by Gasteiger charge is 2.04. The van der Waals surface area contributed by atoms with Crippen LogP contribution in [0.25, 0.3) is 0 Å². The van der Waals surface area contributed by atoms with E-state index in [-0.39, 0.29) is 11.9 Å². The fraction of sp³-hybridized carbons (Fsp3) is 0.400. The van der Waals surface area contributed by atoms with Gasteiger partial charge in [-0.2, -0.15) is 0 Å². The molecule has 0 spiro atoms. The van der Waals surface area contributed by atoms with E-state index >= 15 is 0 Å². The number of nitrogens with one attached hydrogen (secondary N) is 1. The zero-order valence-electron chi connectivity index (χ0n) is 7.95. The Hall–Kier alpha value is -1.38. The molecule has 0 bridgehead atoms. The number of nitrogens with zero attached hydrogens (tertiary/aromatic N) is 1. The van der Waals surface area contributed by atoms with Gasteiger partial charge in [0.2, 0.25) is 5.91 Å². The SMILES string of the molecule is CC(=O)N[C@@H](C)Cc1ccccn1. The Kier molecular flexibility index (Phi) is 3.43. The number of hydrogen-bond donors (Lipinski definition) is 1. The third-order valence-corrected chi connectivity index (χ3v) is 1.69. The van der Waals surface area contributed by atoms with Crippen molar-refractivity contribution in [2.24, 2.45) is 0 Å². The van der Waals surface area contributed by atoms with Crippen molar-refractivity contribution in [1.29, 1.82) is 0 Å². The van der Waals surface area contributed by atoms with Gasteiger partial charge in [-0.15, -0.1) is 0 Å². The molecule has 0 saturated heterocycles. The minimum Gasteiger partial charge on any atom is -0.354 e. The summed E-state index contributed by atoms with van der Waals surface area (Å²) in [5.74, 6) is 0.00318. The van der Waals surface area contributed by atoms with Crippen molar-refractivity contribution in [2.75, 3.05) is 0 Å².